The van der Waals surface area contributed by atoms with E-state index >= 15 is 0 Å². The first-order valence-electron chi connectivity index (χ1n) is 6.84. The van der Waals surface area contributed by atoms with Gasteiger partial charge in [0.05, 0.1) is 25.5 Å². The number of hydrogen-bond acceptors (Lipinski definition) is 6. The van der Waals surface area contributed by atoms with Crippen LogP contribution in [0.25, 0.3) is 17.1 Å². The number of nitrogens with zero attached hydrogens (tertiary/aromatic N) is 4. The summed E-state index contributed by atoms with van der Waals surface area (Å²) in [6.07, 6.45) is 0. The molecule has 0 aliphatic carbocycles. The summed E-state index contributed by atoms with van der Waals surface area (Å²) in [5.74, 6) is 0.765. The normalized spacial score (nSPS) is 10.3. The zero-order valence-corrected chi connectivity index (χ0v) is 12.6. The Morgan fingerprint density at radius 1 is 1.09 bits per heavy atom. The lowest BCUT2D eigenvalue weighted by molar-refractivity contribution is 0.0601. The van der Waals surface area contributed by atoms with Crippen LogP contribution in [-0.4, -0.2) is 40.4 Å². The Balaban J connectivity index is 1.90. The van der Waals surface area contributed by atoms with E-state index in [9.17, 15) is 4.79 Å². The van der Waals surface area contributed by atoms with Crippen LogP contribution in [0.3, 0.4) is 0 Å². The molecular formula is C16H14N4O3. The molecular weight excluding hydrogens is 296 g/mol. The second-order valence-corrected chi connectivity index (χ2v) is 4.67. The molecule has 0 atom stereocenters. The number of tetrazole rings is 1. The molecule has 3 rings (SSSR count). The van der Waals surface area contributed by atoms with Crippen molar-refractivity contribution in [2.75, 3.05) is 14.2 Å². The van der Waals surface area contributed by atoms with Crippen LogP contribution in [0.1, 0.15) is 10.4 Å². The summed E-state index contributed by atoms with van der Waals surface area (Å²) in [5, 5.41) is 12.4. The maximum absolute atomic E-state index is 11.6. The van der Waals surface area contributed by atoms with Gasteiger partial charge in [-0.05, 0) is 41.6 Å². The van der Waals surface area contributed by atoms with Gasteiger partial charge in [0.25, 0.3) is 0 Å². The fourth-order valence-corrected chi connectivity index (χ4v) is 2.06. The quantitative estimate of drug-likeness (QED) is 0.687. The summed E-state index contributed by atoms with van der Waals surface area (Å²) in [4.78, 5) is 13.0. The molecule has 0 spiro atoms. The van der Waals surface area contributed by atoms with E-state index in [-0.39, 0.29) is 0 Å². The van der Waals surface area contributed by atoms with Crippen LogP contribution in [0.5, 0.6) is 5.75 Å². The van der Waals surface area contributed by atoms with E-state index in [0.717, 1.165) is 11.4 Å². The highest BCUT2D eigenvalue weighted by atomic mass is 16.5. The summed E-state index contributed by atoms with van der Waals surface area (Å²) in [5.41, 5.74) is 1.88. The van der Waals surface area contributed by atoms with E-state index in [1.165, 1.54) is 11.9 Å². The maximum Gasteiger partial charge on any atom is 0.337 e. The standard InChI is InChI=1S/C16H14N4O3/c1-22-14-8-6-13(7-9-14)20-18-15(17-19-20)11-4-3-5-12(10-11)16(21)23-2/h3-10H,1-2H3. The third-order valence-corrected chi connectivity index (χ3v) is 3.26. The first-order valence-corrected chi connectivity index (χ1v) is 6.84. The lowest BCUT2D eigenvalue weighted by Crippen LogP contribution is -2.01. The Morgan fingerprint density at radius 2 is 1.87 bits per heavy atom. The topological polar surface area (TPSA) is 79.1 Å². The minimum absolute atomic E-state index is 0.408. The van der Waals surface area contributed by atoms with E-state index < -0.39 is 5.97 Å². The molecule has 1 aromatic heterocycles. The number of esters is 1. The van der Waals surface area contributed by atoms with Crippen LogP contribution in [0, 0.1) is 0 Å². The summed E-state index contributed by atoms with van der Waals surface area (Å²) in [6, 6.07) is 14.2. The van der Waals surface area contributed by atoms with Crippen molar-refractivity contribution in [2.45, 2.75) is 0 Å². The highest BCUT2D eigenvalue weighted by molar-refractivity contribution is 5.90. The Morgan fingerprint density at radius 3 is 2.57 bits per heavy atom. The van der Waals surface area contributed by atoms with E-state index in [1.807, 2.05) is 30.3 Å². The smallest absolute Gasteiger partial charge is 0.337 e. The Hall–Kier alpha value is -3.22. The predicted octanol–water partition coefficient (Wildman–Crippen LogP) is 2.12. The van der Waals surface area contributed by atoms with Crippen LogP contribution in [0.4, 0.5) is 0 Å². The van der Waals surface area contributed by atoms with Crippen LogP contribution in [0.2, 0.25) is 0 Å². The number of carbonyl (C=O) groups is 1. The van der Waals surface area contributed by atoms with Gasteiger partial charge < -0.3 is 9.47 Å². The lowest BCUT2D eigenvalue weighted by atomic mass is 10.1. The lowest BCUT2D eigenvalue weighted by Gasteiger charge is -2.01. The van der Waals surface area contributed by atoms with Gasteiger partial charge in [0.15, 0.2) is 0 Å². The number of rotatable bonds is 4. The minimum atomic E-state index is -0.408. The van der Waals surface area contributed by atoms with Gasteiger partial charge in [0.2, 0.25) is 5.82 Å². The number of benzene rings is 2. The van der Waals surface area contributed by atoms with Gasteiger partial charge in [0.1, 0.15) is 5.75 Å². The van der Waals surface area contributed by atoms with Gasteiger partial charge in [0, 0.05) is 5.56 Å². The van der Waals surface area contributed by atoms with Crippen molar-refractivity contribution < 1.29 is 14.3 Å². The molecule has 0 saturated carbocycles. The predicted molar refractivity (Wildman–Crippen MR) is 82.5 cm³/mol. The second-order valence-electron chi connectivity index (χ2n) is 4.67. The number of carbonyl (C=O) groups excluding carboxylic acids is 1. The molecule has 0 aliphatic rings. The van der Waals surface area contributed by atoms with Gasteiger partial charge >= 0.3 is 5.97 Å². The van der Waals surface area contributed by atoms with E-state index in [2.05, 4.69) is 15.4 Å². The summed E-state index contributed by atoms with van der Waals surface area (Å²) in [7, 11) is 2.95. The summed E-state index contributed by atoms with van der Waals surface area (Å²) in [6.45, 7) is 0. The highest BCUT2D eigenvalue weighted by Crippen LogP contribution is 2.18. The van der Waals surface area contributed by atoms with Crippen molar-refractivity contribution in [1.29, 1.82) is 0 Å². The number of methoxy groups -OCH3 is 2. The molecule has 0 unspecified atom stereocenters. The molecule has 0 fully saturated rings. The molecule has 0 amide bonds. The fourth-order valence-electron chi connectivity index (χ4n) is 2.06. The van der Waals surface area contributed by atoms with Crippen molar-refractivity contribution in [2.24, 2.45) is 0 Å². The zero-order chi connectivity index (χ0) is 16.2. The Kier molecular flexibility index (Phi) is 4.01. The van der Waals surface area contributed by atoms with Crippen molar-refractivity contribution >= 4 is 5.97 Å². The average Bonchev–Trinajstić information content (AvgIpc) is 3.11. The van der Waals surface area contributed by atoms with Crippen molar-refractivity contribution in [1.82, 2.24) is 20.2 Å². The van der Waals surface area contributed by atoms with Crippen molar-refractivity contribution in [3.8, 4) is 22.8 Å². The van der Waals surface area contributed by atoms with Crippen LogP contribution in [0.15, 0.2) is 48.5 Å². The van der Waals surface area contributed by atoms with Gasteiger partial charge in [-0.1, -0.05) is 12.1 Å². The van der Waals surface area contributed by atoms with Crippen LogP contribution < -0.4 is 4.74 Å². The molecule has 1 heterocycles. The third-order valence-electron chi connectivity index (χ3n) is 3.26. The van der Waals surface area contributed by atoms with Crippen molar-refractivity contribution in [3.63, 3.8) is 0 Å². The SMILES string of the molecule is COC(=O)c1cccc(-c2nnn(-c3ccc(OC)cc3)n2)c1. The fraction of sp³-hybridized carbons (Fsp3) is 0.125. The molecule has 7 nitrogen and oxygen atoms in total. The number of ether oxygens (including phenoxy) is 2. The van der Waals surface area contributed by atoms with Gasteiger partial charge in [-0.15, -0.1) is 15.0 Å². The molecule has 2 aromatic carbocycles. The van der Waals surface area contributed by atoms with Gasteiger partial charge in [-0.3, -0.25) is 0 Å². The Labute approximate surface area is 132 Å². The first kappa shape index (κ1) is 14.7. The van der Waals surface area contributed by atoms with Crippen molar-refractivity contribution in [3.05, 3.63) is 54.1 Å². The molecule has 7 heteroatoms. The van der Waals surface area contributed by atoms with Crippen LogP contribution >= 0.6 is 0 Å². The molecule has 0 bridgehead atoms. The zero-order valence-electron chi connectivity index (χ0n) is 12.6. The Bertz CT molecular complexity index is 827. The monoisotopic (exact) mass is 310 g/mol. The molecule has 0 N–H and O–H groups in total. The van der Waals surface area contributed by atoms with Gasteiger partial charge in [-0.2, -0.15) is 0 Å². The van der Waals surface area contributed by atoms with E-state index in [0.29, 0.717) is 17.0 Å². The molecule has 0 saturated heterocycles. The number of aromatic nitrogens is 4. The minimum Gasteiger partial charge on any atom is -0.497 e. The molecule has 0 aliphatic heterocycles. The summed E-state index contributed by atoms with van der Waals surface area (Å²) >= 11 is 0. The maximum atomic E-state index is 11.6. The first-order chi connectivity index (χ1) is 11.2. The second kappa shape index (κ2) is 6.27. The van der Waals surface area contributed by atoms with Gasteiger partial charge in [-0.25, -0.2) is 4.79 Å². The molecule has 3 aromatic rings. The highest BCUT2D eigenvalue weighted by Gasteiger charge is 2.11. The van der Waals surface area contributed by atoms with Crippen LogP contribution in [-0.2, 0) is 4.74 Å². The molecule has 23 heavy (non-hydrogen) atoms. The summed E-state index contributed by atoms with van der Waals surface area (Å²) < 4.78 is 9.83. The van der Waals surface area contributed by atoms with E-state index in [4.69, 9.17) is 9.47 Å². The van der Waals surface area contributed by atoms with E-state index in [1.54, 1.807) is 25.3 Å². The largest absolute Gasteiger partial charge is 0.497 e. The third kappa shape index (κ3) is 3.03. The number of hydrogen-bond donors (Lipinski definition) is 0. The molecule has 0 radical (unpaired) electrons. The average molecular weight is 310 g/mol. The molecule has 116 valence electrons.